The summed E-state index contributed by atoms with van der Waals surface area (Å²) < 4.78 is 0. The van der Waals surface area contributed by atoms with E-state index in [1.54, 1.807) is 12.4 Å². The van der Waals surface area contributed by atoms with Crippen LogP contribution < -0.4 is 4.90 Å². The highest BCUT2D eigenvalue weighted by molar-refractivity contribution is 5.36. The van der Waals surface area contributed by atoms with Gasteiger partial charge in [0, 0.05) is 13.1 Å². The summed E-state index contributed by atoms with van der Waals surface area (Å²) in [7, 11) is 0. The van der Waals surface area contributed by atoms with Crippen molar-refractivity contribution in [3.63, 3.8) is 0 Å². The Balaban J connectivity index is 2.10. The lowest BCUT2D eigenvalue weighted by Crippen LogP contribution is -2.39. The van der Waals surface area contributed by atoms with Crippen molar-refractivity contribution >= 4 is 5.82 Å². The van der Waals surface area contributed by atoms with Gasteiger partial charge in [-0.1, -0.05) is 13.8 Å². The molecule has 4 nitrogen and oxygen atoms in total. The molecule has 2 atom stereocenters. The molecule has 1 saturated heterocycles. The van der Waals surface area contributed by atoms with Crippen LogP contribution >= 0.6 is 0 Å². The van der Waals surface area contributed by atoms with E-state index >= 15 is 0 Å². The molecule has 2 heterocycles. The molecule has 16 heavy (non-hydrogen) atoms. The van der Waals surface area contributed by atoms with Crippen LogP contribution in [0.3, 0.4) is 0 Å². The van der Waals surface area contributed by atoms with Crippen LogP contribution in [-0.4, -0.2) is 28.2 Å². The molecule has 0 radical (unpaired) electrons. The third-order valence-electron chi connectivity index (χ3n) is 3.05. The quantitative estimate of drug-likeness (QED) is 0.821. The highest BCUT2D eigenvalue weighted by atomic mass is 16.3. The van der Waals surface area contributed by atoms with Crippen LogP contribution in [-0.2, 0) is 6.61 Å². The number of aliphatic hydroxyl groups excluding tert-OH is 1. The fourth-order valence-electron chi connectivity index (χ4n) is 2.44. The van der Waals surface area contributed by atoms with E-state index in [0.29, 0.717) is 17.5 Å². The van der Waals surface area contributed by atoms with Gasteiger partial charge in [0.1, 0.15) is 5.82 Å². The summed E-state index contributed by atoms with van der Waals surface area (Å²) >= 11 is 0. The van der Waals surface area contributed by atoms with E-state index in [2.05, 4.69) is 28.7 Å². The molecule has 0 aliphatic carbocycles. The molecule has 88 valence electrons. The van der Waals surface area contributed by atoms with E-state index in [0.717, 1.165) is 18.9 Å². The topological polar surface area (TPSA) is 49.2 Å². The number of hydrogen-bond acceptors (Lipinski definition) is 4. The Labute approximate surface area is 96.3 Å². The molecular weight excluding hydrogens is 202 g/mol. The first-order valence-electron chi connectivity index (χ1n) is 5.85. The molecule has 0 bridgehead atoms. The van der Waals surface area contributed by atoms with Crippen LogP contribution in [0.2, 0.25) is 0 Å². The van der Waals surface area contributed by atoms with Gasteiger partial charge in [-0.15, -0.1) is 0 Å². The Kier molecular flexibility index (Phi) is 3.39. The Morgan fingerprint density at radius 3 is 2.44 bits per heavy atom. The Hall–Kier alpha value is -1.16. The molecule has 1 aromatic heterocycles. The zero-order valence-corrected chi connectivity index (χ0v) is 9.93. The van der Waals surface area contributed by atoms with Gasteiger partial charge in [0.25, 0.3) is 0 Å². The number of aromatic nitrogens is 2. The number of nitrogens with zero attached hydrogens (tertiary/aromatic N) is 3. The van der Waals surface area contributed by atoms with Crippen LogP contribution in [0.4, 0.5) is 5.82 Å². The molecule has 2 rings (SSSR count). The van der Waals surface area contributed by atoms with E-state index in [4.69, 9.17) is 5.11 Å². The zero-order valence-electron chi connectivity index (χ0n) is 9.93. The zero-order chi connectivity index (χ0) is 11.5. The molecule has 1 aliphatic rings. The minimum absolute atomic E-state index is 0.0416. The molecular formula is C12H19N3O. The maximum atomic E-state index is 8.91. The predicted octanol–water partition coefficient (Wildman–Crippen LogP) is 1.45. The van der Waals surface area contributed by atoms with Gasteiger partial charge in [-0.25, -0.2) is 4.98 Å². The summed E-state index contributed by atoms with van der Waals surface area (Å²) in [6.45, 7) is 6.62. The van der Waals surface area contributed by atoms with E-state index < -0.39 is 0 Å². The summed E-state index contributed by atoms with van der Waals surface area (Å²) in [6.07, 6.45) is 4.70. The summed E-state index contributed by atoms with van der Waals surface area (Å²) in [4.78, 5) is 10.8. The number of anilines is 1. The van der Waals surface area contributed by atoms with Crippen molar-refractivity contribution in [2.45, 2.75) is 26.9 Å². The first kappa shape index (κ1) is 11.3. The van der Waals surface area contributed by atoms with Gasteiger partial charge in [-0.2, -0.15) is 0 Å². The van der Waals surface area contributed by atoms with Crippen molar-refractivity contribution in [3.05, 3.63) is 18.1 Å². The first-order valence-corrected chi connectivity index (χ1v) is 5.85. The van der Waals surface area contributed by atoms with Crippen LogP contribution in [0.25, 0.3) is 0 Å². The van der Waals surface area contributed by atoms with Gasteiger partial charge in [0.2, 0.25) is 0 Å². The second-order valence-corrected chi connectivity index (χ2v) is 4.88. The largest absolute Gasteiger partial charge is 0.390 e. The average molecular weight is 221 g/mol. The van der Waals surface area contributed by atoms with Gasteiger partial charge in [-0.05, 0) is 18.3 Å². The molecule has 2 unspecified atom stereocenters. The SMILES string of the molecule is CC1CC(C)CN(c2cnc(CO)cn2)C1. The van der Waals surface area contributed by atoms with Crippen molar-refractivity contribution in [1.29, 1.82) is 0 Å². The third kappa shape index (κ3) is 2.50. The van der Waals surface area contributed by atoms with Crippen molar-refractivity contribution in [2.75, 3.05) is 18.0 Å². The lowest BCUT2D eigenvalue weighted by atomic mass is 9.92. The van der Waals surface area contributed by atoms with Crippen LogP contribution in [0.5, 0.6) is 0 Å². The molecule has 0 aromatic carbocycles. The van der Waals surface area contributed by atoms with Gasteiger partial charge < -0.3 is 10.0 Å². The third-order valence-corrected chi connectivity index (χ3v) is 3.05. The Bertz CT molecular complexity index is 329. The van der Waals surface area contributed by atoms with E-state index in [1.165, 1.54) is 6.42 Å². The lowest BCUT2D eigenvalue weighted by molar-refractivity contribution is 0.276. The van der Waals surface area contributed by atoms with Crippen molar-refractivity contribution in [2.24, 2.45) is 11.8 Å². The molecule has 0 amide bonds. The molecule has 0 spiro atoms. The summed E-state index contributed by atoms with van der Waals surface area (Å²) in [5.74, 6) is 2.35. The van der Waals surface area contributed by atoms with Crippen molar-refractivity contribution in [3.8, 4) is 0 Å². The van der Waals surface area contributed by atoms with Crippen molar-refractivity contribution in [1.82, 2.24) is 9.97 Å². The van der Waals surface area contributed by atoms with E-state index in [-0.39, 0.29) is 6.61 Å². The standard InChI is InChI=1S/C12H19N3O/c1-9-3-10(2)7-15(6-9)12-5-13-11(8-16)4-14-12/h4-5,9-10,16H,3,6-8H2,1-2H3. The fraction of sp³-hybridized carbons (Fsp3) is 0.667. The highest BCUT2D eigenvalue weighted by Gasteiger charge is 2.22. The molecule has 1 aliphatic heterocycles. The summed E-state index contributed by atoms with van der Waals surface area (Å²) in [5.41, 5.74) is 0.627. The minimum atomic E-state index is -0.0416. The summed E-state index contributed by atoms with van der Waals surface area (Å²) in [6, 6.07) is 0. The number of hydrogen-bond donors (Lipinski definition) is 1. The maximum absolute atomic E-state index is 8.91. The Morgan fingerprint density at radius 1 is 1.25 bits per heavy atom. The van der Waals surface area contributed by atoms with Gasteiger partial charge >= 0.3 is 0 Å². The number of rotatable bonds is 2. The monoisotopic (exact) mass is 221 g/mol. The smallest absolute Gasteiger partial charge is 0.147 e. The molecule has 1 N–H and O–H groups in total. The minimum Gasteiger partial charge on any atom is -0.390 e. The second-order valence-electron chi connectivity index (χ2n) is 4.88. The van der Waals surface area contributed by atoms with Crippen LogP contribution in [0.1, 0.15) is 26.0 Å². The molecule has 0 saturated carbocycles. The lowest BCUT2D eigenvalue weighted by Gasteiger charge is -2.35. The summed E-state index contributed by atoms with van der Waals surface area (Å²) in [5, 5.41) is 8.91. The first-order chi connectivity index (χ1) is 7.69. The second kappa shape index (κ2) is 4.78. The fourth-order valence-corrected chi connectivity index (χ4v) is 2.44. The highest BCUT2D eigenvalue weighted by Crippen LogP contribution is 2.24. The van der Waals surface area contributed by atoms with E-state index in [1.807, 2.05) is 0 Å². The van der Waals surface area contributed by atoms with E-state index in [9.17, 15) is 0 Å². The molecule has 1 aromatic rings. The molecule has 1 fully saturated rings. The normalized spacial score (nSPS) is 25.8. The van der Waals surface area contributed by atoms with Gasteiger partial charge in [0.15, 0.2) is 0 Å². The van der Waals surface area contributed by atoms with Crippen LogP contribution in [0.15, 0.2) is 12.4 Å². The molecule has 4 heteroatoms. The predicted molar refractivity (Wildman–Crippen MR) is 63.1 cm³/mol. The average Bonchev–Trinajstić information content (AvgIpc) is 2.28. The van der Waals surface area contributed by atoms with Gasteiger partial charge in [-0.3, -0.25) is 4.98 Å². The maximum Gasteiger partial charge on any atom is 0.147 e. The number of piperidine rings is 1. The number of aliphatic hydroxyl groups is 1. The van der Waals surface area contributed by atoms with Crippen molar-refractivity contribution < 1.29 is 5.11 Å². The van der Waals surface area contributed by atoms with Crippen LogP contribution in [0, 0.1) is 11.8 Å². The Morgan fingerprint density at radius 2 is 1.94 bits per heavy atom. The van der Waals surface area contributed by atoms with Gasteiger partial charge in [0.05, 0.1) is 24.7 Å².